The molecule has 0 saturated heterocycles. The van der Waals surface area contributed by atoms with Gasteiger partial charge in [0.2, 0.25) is 5.91 Å². The van der Waals surface area contributed by atoms with Crippen LogP contribution in [-0.2, 0) is 11.2 Å². The molecule has 1 aromatic carbocycles. The first-order valence-electron chi connectivity index (χ1n) is 8.29. The Morgan fingerprint density at radius 2 is 1.85 bits per heavy atom. The zero-order chi connectivity index (χ0) is 19.3. The number of nitriles is 2. The van der Waals surface area contributed by atoms with Crippen LogP contribution in [0.3, 0.4) is 0 Å². The highest BCUT2D eigenvalue weighted by molar-refractivity contribution is 5.76. The first-order valence-corrected chi connectivity index (χ1v) is 8.29. The molecule has 132 valence electrons. The summed E-state index contributed by atoms with van der Waals surface area (Å²) in [6.45, 7) is 5.37. The normalized spacial score (nSPS) is 11.3. The van der Waals surface area contributed by atoms with E-state index in [-0.39, 0.29) is 23.9 Å². The highest BCUT2D eigenvalue weighted by atomic mass is 16.1. The zero-order valence-electron chi connectivity index (χ0n) is 15.0. The van der Waals surface area contributed by atoms with E-state index in [0.717, 1.165) is 11.1 Å². The molecule has 0 aliphatic carbocycles. The molecule has 2 N–H and O–H groups in total. The van der Waals surface area contributed by atoms with E-state index < -0.39 is 5.56 Å². The van der Waals surface area contributed by atoms with E-state index in [0.29, 0.717) is 23.2 Å². The van der Waals surface area contributed by atoms with Gasteiger partial charge in [0.1, 0.15) is 11.6 Å². The number of carbonyl (C=O) groups excluding carboxylic acids is 1. The lowest BCUT2D eigenvalue weighted by molar-refractivity contribution is -0.121. The third-order valence-corrected chi connectivity index (χ3v) is 4.44. The predicted octanol–water partition coefficient (Wildman–Crippen LogP) is 2.55. The summed E-state index contributed by atoms with van der Waals surface area (Å²) in [4.78, 5) is 26.7. The molecule has 1 heterocycles. The number of hydrogen-bond acceptors (Lipinski definition) is 4. The fourth-order valence-corrected chi connectivity index (χ4v) is 2.90. The van der Waals surface area contributed by atoms with E-state index in [4.69, 9.17) is 10.5 Å². The molecule has 1 unspecified atom stereocenters. The number of pyridine rings is 1. The maximum absolute atomic E-state index is 12.3. The average Bonchev–Trinajstić information content (AvgIpc) is 2.61. The summed E-state index contributed by atoms with van der Waals surface area (Å²) in [5, 5.41) is 20.9. The quantitative estimate of drug-likeness (QED) is 0.865. The number of rotatable bonds is 5. The smallest absolute Gasteiger partial charge is 0.266 e. The Morgan fingerprint density at radius 1 is 1.19 bits per heavy atom. The van der Waals surface area contributed by atoms with E-state index in [1.54, 1.807) is 26.0 Å². The Kier molecular flexibility index (Phi) is 5.93. The second kappa shape index (κ2) is 8.13. The molecule has 2 rings (SSSR count). The molecule has 0 bridgehead atoms. The number of aromatic amines is 1. The van der Waals surface area contributed by atoms with Crippen LogP contribution >= 0.6 is 0 Å². The Labute approximate surface area is 152 Å². The molecule has 6 nitrogen and oxygen atoms in total. The molecular weight excluding hydrogens is 328 g/mol. The van der Waals surface area contributed by atoms with Crippen molar-refractivity contribution >= 4 is 5.91 Å². The third kappa shape index (κ3) is 4.17. The molecule has 0 radical (unpaired) electrons. The van der Waals surface area contributed by atoms with Crippen LogP contribution < -0.4 is 10.9 Å². The molecule has 0 aliphatic rings. The van der Waals surface area contributed by atoms with Crippen molar-refractivity contribution in [2.45, 2.75) is 39.7 Å². The number of hydrogen-bond donors (Lipinski definition) is 2. The van der Waals surface area contributed by atoms with Crippen LogP contribution in [0.5, 0.6) is 0 Å². The van der Waals surface area contributed by atoms with Gasteiger partial charge in [0.05, 0.1) is 17.7 Å². The van der Waals surface area contributed by atoms with Gasteiger partial charge in [-0.25, -0.2) is 0 Å². The summed E-state index contributed by atoms with van der Waals surface area (Å²) in [6, 6.07) is 10.9. The van der Waals surface area contributed by atoms with Gasteiger partial charge in [-0.3, -0.25) is 9.59 Å². The number of carbonyl (C=O) groups is 1. The maximum atomic E-state index is 12.3. The first-order chi connectivity index (χ1) is 12.4. The fraction of sp³-hybridized carbons (Fsp3) is 0.300. The summed E-state index contributed by atoms with van der Waals surface area (Å²) in [5.41, 5.74) is 3.32. The highest BCUT2D eigenvalue weighted by Crippen LogP contribution is 2.16. The topological polar surface area (TPSA) is 110 Å². The van der Waals surface area contributed by atoms with Gasteiger partial charge >= 0.3 is 0 Å². The van der Waals surface area contributed by atoms with E-state index >= 15 is 0 Å². The first kappa shape index (κ1) is 19.0. The van der Waals surface area contributed by atoms with E-state index in [9.17, 15) is 9.59 Å². The van der Waals surface area contributed by atoms with E-state index in [2.05, 4.69) is 16.4 Å². The average molecular weight is 348 g/mol. The van der Waals surface area contributed by atoms with Gasteiger partial charge in [0.15, 0.2) is 0 Å². The summed E-state index contributed by atoms with van der Waals surface area (Å²) >= 11 is 0. The molecule has 0 saturated carbocycles. The number of H-pyrrole nitrogens is 1. The van der Waals surface area contributed by atoms with Crippen molar-refractivity contribution in [2.24, 2.45) is 0 Å². The molecule has 0 fully saturated rings. The lowest BCUT2D eigenvalue weighted by Crippen LogP contribution is -2.27. The summed E-state index contributed by atoms with van der Waals surface area (Å²) in [7, 11) is 0. The standard InChI is InChI=1S/C20H20N4O2/c1-12-17(14(3)24-20(26)18(12)11-22)8-9-19(25)23-13(2)16-6-4-15(10-21)5-7-16/h4-7,13H,8-9H2,1-3H3,(H,23,25)(H,24,26). The highest BCUT2D eigenvalue weighted by Gasteiger charge is 2.14. The van der Waals surface area contributed by atoms with Crippen LogP contribution in [0.4, 0.5) is 0 Å². The molecule has 2 aromatic rings. The minimum Gasteiger partial charge on any atom is -0.350 e. The minimum atomic E-state index is -0.398. The van der Waals surface area contributed by atoms with Gasteiger partial charge in [-0.1, -0.05) is 12.1 Å². The fourth-order valence-electron chi connectivity index (χ4n) is 2.90. The number of aromatic nitrogens is 1. The number of nitrogens with one attached hydrogen (secondary N) is 2. The van der Waals surface area contributed by atoms with E-state index in [1.807, 2.05) is 25.1 Å². The number of benzene rings is 1. The Hall–Kier alpha value is -3.38. The lowest BCUT2D eigenvalue weighted by atomic mass is 9.99. The molecule has 1 aromatic heterocycles. The summed E-state index contributed by atoms with van der Waals surface area (Å²) < 4.78 is 0. The van der Waals surface area contributed by atoms with Crippen LogP contribution in [0.1, 0.15) is 52.9 Å². The van der Waals surface area contributed by atoms with Crippen LogP contribution in [0.2, 0.25) is 0 Å². The Balaban J connectivity index is 2.04. The number of amides is 1. The van der Waals surface area contributed by atoms with Gasteiger partial charge in [-0.05, 0) is 56.0 Å². The van der Waals surface area contributed by atoms with Crippen molar-refractivity contribution < 1.29 is 4.79 Å². The van der Waals surface area contributed by atoms with Gasteiger partial charge in [-0.2, -0.15) is 10.5 Å². The monoisotopic (exact) mass is 348 g/mol. The molecule has 6 heteroatoms. The number of nitrogens with zero attached hydrogens (tertiary/aromatic N) is 2. The second-order valence-corrected chi connectivity index (χ2v) is 6.19. The van der Waals surface area contributed by atoms with Crippen molar-refractivity contribution in [2.75, 3.05) is 0 Å². The SMILES string of the molecule is Cc1[nH]c(=O)c(C#N)c(C)c1CCC(=O)NC(C)c1ccc(C#N)cc1. The molecule has 0 aliphatic heterocycles. The van der Waals surface area contributed by atoms with Crippen LogP contribution in [0, 0.1) is 36.5 Å². The minimum absolute atomic E-state index is 0.0944. The molecule has 0 spiro atoms. The maximum Gasteiger partial charge on any atom is 0.266 e. The summed E-state index contributed by atoms with van der Waals surface area (Å²) in [5.74, 6) is -0.120. The molecule has 26 heavy (non-hydrogen) atoms. The van der Waals surface area contributed by atoms with Crippen molar-refractivity contribution in [1.29, 1.82) is 10.5 Å². The van der Waals surface area contributed by atoms with Gasteiger partial charge in [-0.15, -0.1) is 0 Å². The number of aryl methyl sites for hydroxylation is 1. The predicted molar refractivity (Wildman–Crippen MR) is 97.3 cm³/mol. The lowest BCUT2D eigenvalue weighted by Gasteiger charge is -2.15. The largest absolute Gasteiger partial charge is 0.350 e. The van der Waals surface area contributed by atoms with Gasteiger partial charge < -0.3 is 10.3 Å². The Bertz CT molecular complexity index is 960. The van der Waals surface area contributed by atoms with Crippen LogP contribution in [-0.4, -0.2) is 10.9 Å². The summed E-state index contributed by atoms with van der Waals surface area (Å²) in [6.07, 6.45) is 0.689. The zero-order valence-corrected chi connectivity index (χ0v) is 15.0. The Morgan fingerprint density at radius 3 is 2.42 bits per heavy atom. The van der Waals surface area contributed by atoms with Crippen molar-refractivity contribution in [1.82, 2.24) is 10.3 Å². The molecule has 1 amide bonds. The van der Waals surface area contributed by atoms with Gasteiger partial charge in [0, 0.05) is 12.1 Å². The third-order valence-electron chi connectivity index (χ3n) is 4.44. The second-order valence-electron chi connectivity index (χ2n) is 6.19. The van der Waals surface area contributed by atoms with Crippen LogP contribution in [0.25, 0.3) is 0 Å². The van der Waals surface area contributed by atoms with Crippen LogP contribution in [0.15, 0.2) is 29.1 Å². The van der Waals surface area contributed by atoms with Crippen molar-refractivity contribution in [3.8, 4) is 12.1 Å². The molecule has 1 atom stereocenters. The van der Waals surface area contributed by atoms with Crippen molar-refractivity contribution in [3.05, 3.63) is 68.1 Å². The van der Waals surface area contributed by atoms with Crippen molar-refractivity contribution in [3.63, 3.8) is 0 Å². The molecular formula is C20H20N4O2. The van der Waals surface area contributed by atoms with E-state index in [1.165, 1.54) is 0 Å². The van der Waals surface area contributed by atoms with Gasteiger partial charge in [0.25, 0.3) is 5.56 Å².